The molecule has 0 aromatic heterocycles. The van der Waals surface area contributed by atoms with Gasteiger partial charge in [0.05, 0.1) is 16.6 Å². The van der Waals surface area contributed by atoms with Crippen LogP contribution in [0.25, 0.3) is 0 Å². The van der Waals surface area contributed by atoms with Crippen LogP contribution in [0.3, 0.4) is 0 Å². The average Bonchev–Trinajstić information content (AvgIpc) is 2.27. The monoisotopic (exact) mass is 293 g/mol. The van der Waals surface area contributed by atoms with Gasteiger partial charge in [0.1, 0.15) is 0 Å². The zero-order valence-electron chi connectivity index (χ0n) is 9.31. The molecule has 0 spiro atoms. The number of benzene rings is 1. The van der Waals surface area contributed by atoms with Crippen LogP contribution < -0.4 is 4.74 Å². The van der Waals surface area contributed by atoms with E-state index in [2.05, 4.69) is 4.74 Å². The fourth-order valence-corrected chi connectivity index (χ4v) is 1.70. The van der Waals surface area contributed by atoms with Crippen LogP contribution in [-0.4, -0.2) is 24.1 Å². The molecule has 0 saturated heterocycles. The van der Waals surface area contributed by atoms with Gasteiger partial charge in [-0.3, -0.25) is 10.1 Å². The number of nitro benzene ring substituents is 1. The first-order valence-corrected chi connectivity index (χ1v) is 5.63. The second kappa shape index (κ2) is 6.42. The van der Waals surface area contributed by atoms with E-state index in [1.165, 1.54) is 6.07 Å². The second-order valence-electron chi connectivity index (χ2n) is 3.09. The molecule has 0 aliphatic carbocycles. The number of carbonyl (C=O) groups excluding carboxylic acids is 1. The zero-order valence-corrected chi connectivity index (χ0v) is 10.8. The van der Waals surface area contributed by atoms with Gasteiger partial charge < -0.3 is 9.47 Å². The summed E-state index contributed by atoms with van der Waals surface area (Å²) in [5.41, 5.74) is -0.406. The summed E-state index contributed by atoms with van der Waals surface area (Å²) < 4.78 is 9.62. The quantitative estimate of drug-likeness (QED) is 0.474. The van der Waals surface area contributed by atoms with Gasteiger partial charge in [0.25, 0.3) is 0 Å². The molecule has 1 rings (SSSR count). The summed E-state index contributed by atoms with van der Waals surface area (Å²) in [7, 11) is 0. The Labute approximate surface area is 113 Å². The standard InChI is InChI=1S/C10H9Cl2NO5/c1-2-17-9(14)5-18-10-7(12)3-6(11)4-8(10)13(15)16/h3-4H,2,5H2,1H3. The Kier molecular flexibility index (Phi) is 5.18. The van der Waals surface area contributed by atoms with Crippen molar-refractivity contribution in [2.24, 2.45) is 0 Å². The number of ether oxygens (including phenoxy) is 2. The number of esters is 1. The third-order valence-corrected chi connectivity index (χ3v) is 2.32. The molecule has 0 fully saturated rings. The van der Waals surface area contributed by atoms with E-state index in [-0.39, 0.29) is 22.4 Å². The van der Waals surface area contributed by atoms with E-state index in [1.54, 1.807) is 6.92 Å². The summed E-state index contributed by atoms with van der Waals surface area (Å²) in [6, 6.07) is 2.38. The number of nitrogens with zero attached hydrogens (tertiary/aromatic N) is 1. The molecular weight excluding hydrogens is 285 g/mol. The van der Waals surface area contributed by atoms with E-state index in [4.69, 9.17) is 27.9 Å². The molecule has 1 aromatic carbocycles. The van der Waals surface area contributed by atoms with Crippen LogP contribution in [0, 0.1) is 10.1 Å². The molecule has 98 valence electrons. The Morgan fingerprint density at radius 1 is 1.44 bits per heavy atom. The molecule has 0 amide bonds. The molecule has 0 N–H and O–H groups in total. The summed E-state index contributed by atoms with van der Waals surface area (Å²) in [6.45, 7) is 1.37. The molecule has 1 aromatic rings. The molecule has 0 atom stereocenters. The smallest absolute Gasteiger partial charge is 0.344 e. The molecule has 0 unspecified atom stereocenters. The Hall–Kier alpha value is -1.53. The van der Waals surface area contributed by atoms with Crippen molar-refractivity contribution >= 4 is 34.9 Å². The Morgan fingerprint density at radius 2 is 2.11 bits per heavy atom. The molecule has 0 saturated carbocycles. The van der Waals surface area contributed by atoms with Gasteiger partial charge >= 0.3 is 11.7 Å². The Morgan fingerprint density at radius 3 is 2.67 bits per heavy atom. The number of rotatable bonds is 5. The maximum atomic E-state index is 11.1. The number of nitro groups is 1. The summed E-state index contributed by atoms with van der Waals surface area (Å²) >= 11 is 11.4. The highest BCUT2D eigenvalue weighted by Crippen LogP contribution is 2.37. The average molecular weight is 294 g/mol. The summed E-state index contributed by atoms with van der Waals surface area (Å²) in [4.78, 5) is 21.2. The zero-order chi connectivity index (χ0) is 13.7. The third kappa shape index (κ3) is 3.75. The number of hydrogen-bond acceptors (Lipinski definition) is 5. The molecule has 0 aliphatic heterocycles. The van der Waals surface area contributed by atoms with Gasteiger partial charge in [0.2, 0.25) is 5.75 Å². The molecule has 6 nitrogen and oxygen atoms in total. The van der Waals surface area contributed by atoms with Crippen molar-refractivity contribution in [3.63, 3.8) is 0 Å². The van der Waals surface area contributed by atoms with E-state index in [0.717, 1.165) is 6.07 Å². The van der Waals surface area contributed by atoms with Crippen LogP contribution in [0.15, 0.2) is 12.1 Å². The van der Waals surface area contributed by atoms with Crippen molar-refractivity contribution in [1.29, 1.82) is 0 Å². The molecule has 0 bridgehead atoms. The molecule has 0 radical (unpaired) electrons. The summed E-state index contributed by atoms with van der Waals surface area (Å²) in [5.74, 6) is -0.850. The van der Waals surface area contributed by atoms with Gasteiger partial charge in [-0.1, -0.05) is 23.2 Å². The highest BCUT2D eigenvalue weighted by Gasteiger charge is 2.21. The van der Waals surface area contributed by atoms with Gasteiger partial charge in [0.15, 0.2) is 6.61 Å². The minimum absolute atomic E-state index is 0.0431. The van der Waals surface area contributed by atoms with Gasteiger partial charge in [-0.05, 0) is 13.0 Å². The lowest BCUT2D eigenvalue weighted by atomic mass is 10.3. The molecule has 8 heteroatoms. The predicted molar refractivity (Wildman–Crippen MR) is 65.2 cm³/mol. The largest absolute Gasteiger partial charge is 0.474 e. The van der Waals surface area contributed by atoms with E-state index in [1.807, 2.05) is 0 Å². The van der Waals surface area contributed by atoms with Crippen LogP contribution in [0.1, 0.15) is 6.92 Å². The third-order valence-electron chi connectivity index (χ3n) is 1.83. The first-order valence-electron chi connectivity index (χ1n) is 4.87. The number of hydrogen-bond donors (Lipinski definition) is 0. The first-order chi connectivity index (χ1) is 8.45. The Balaban J connectivity index is 2.93. The molecule has 0 heterocycles. The second-order valence-corrected chi connectivity index (χ2v) is 3.93. The van der Waals surface area contributed by atoms with E-state index in [0.29, 0.717) is 0 Å². The number of carbonyl (C=O) groups is 1. The van der Waals surface area contributed by atoms with Crippen molar-refractivity contribution < 1.29 is 19.2 Å². The topological polar surface area (TPSA) is 78.7 Å². The predicted octanol–water partition coefficient (Wildman–Crippen LogP) is 2.84. The lowest BCUT2D eigenvalue weighted by Crippen LogP contribution is -2.15. The maximum Gasteiger partial charge on any atom is 0.344 e. The maximum absolute atomic E-state index is 11.1. The minimum Gasteiger partial charge on any atom is -0.474 e. The van der Waals surface area contributed by atoms with Crippen LogP contribution >= 0.6 is 23.2 Å². The summed E-state index contributed by atoms with van der Waals surface area (Å²) in [5, 5.41) is 10.9. The van der Waals surface area contributed by atoms with E-state index >= 15 is 0 Å². The minimum atomic E-state index is -0.696. The first kappa shape index (κ1) is 14.5. The van der Waals surface area contributed by atoms with Gasteiger partial charge in [-0.2, -0.15) is 0 Å². The fourth-order valence-electron chi connectivity index (χ4n) is 1.16. The van der Waals surface area contributed by atoms with Gasteiger partial charge in [-0.25, -0.2) is 4.79 Å². The van der Waals surface area contributed by atoms with Gasteiger partial charge in [-0.15, -0.1) is 0 Å². The van der Waals surface area contributed by atoms with Crippen molar-refractivity contribution in [2.75, 3.05) is 13.2 Å². The van der Waals surface area contributed by atoms with E-state index < -0.39 is 23.2 Å². The van der Waals surface area contributed by atoms with Crippen LogP contribution in [0.2, 0.25) is 10.0 Å². The SMILES string of the molecule is CCOC(=O)COc1c(Cl)cc(Cl)cc1[N+](=O)[O-]. The lowest BCUT2D eigenvalue weighted by molar-refractivity contribution is -0.385. The highest BCUT2D eigenvalue weighted by molar-refractivity contribution is 6.36. The van der Waals surface area contributed by atoms with Crippen molar-refractivity contribution in [3.05, 3.63) is 32.3 Å². The van der Waals surface area contributed by atoms with Crippen molar-refractivity contribution in [3.8, 4) is 5.75 Å². The van der Waals surface area contributed by atoms with Crippen LogP contribution in [0.5, 0.6) is 5.75 Å². The molecular formula is C10H9Cl2NO5. The lowest BCUT2D eigenvalue weighted by Gasteiger charge is -2.08. The van der Waals surface area contributed by atoms with Gasteiger partial charge in [0, 0.05) is 11.1 Å². The van der Waals surface area contributed by atoms with Crippen molar-refractivity contribution in [2.45, 2.75) is 6.92 Å². The Bertz CT molecular complexity index is 478. The number of halogens is 2. The summed E-state index contributed by atoms with van der Waals surface area (Å²) in [6.07, 6.45) is 0. The molecule has 0 aliphatic rings. The van der Waals surface area contributed by atoms with Crippen molar-refractivity contribution in [1.82, 2.24) is 0 Å². The highest BCUT2D eigenvalue weighted by atomic mass is 35.5. The van der Waals surface area contributed by atoms with Crippen LogP contribution in [-0.2, 0) is 9.53 Å². The van der Waals surface area contributed by atoms with Crippen LogP contribution in [0.4, 0.5) is 5.69 Å². The normalized spacial score (nSPS) is 9.94. The fraction of sp³-hybridized carbons (Fsp3) is 0.300. The molecule has 18 heavy (non-hydrogen) atoms. The van der Waals surface area contributed by atoms with E-state index in [9.17, 15) is 14.9 Å².